The lowest BCUT2D eigenvalue weighted by Gasteiger charge is -2.45. The normalized spacial score (nSPS) is 25.3. The molecule has 1 fully saturated rings. The molecule has 0 N–H and O–H groups in total. The summed E-state index contributed by atoms with van der Waals surface area (Å²) in [5, 5.41) is 0. The fourth-order valence-electron chi connectivity index (χ4n) is 4.39. The maximum absolute atomic E-state index is 6.71. The van der Waals surface area contributed by atoms with Gasteiger partial charge in [0.15, 0.2) is 14.1 Å². The minimum atomic E-state index is -1.84. The van der Waals surface area contributed by atoms with Crippen LogP contribution in [0.1, 0.15) is 68.2 Å². The summed E-state index contributed by atoms with van der Waals surface area (Å²) in [5.74, 6) is -0.544. The van der Waals surface area contributed by atoms with Crippen LogP contribution in [0.4, 0.5) is 0 Å². The zero-order valence-electron chi connectivity index (χ0n) is 16.5. The molecule has 0 aliphatic carbocycles. The fourth-order valence-corrected chi connectivity index (χ4v) is 9.86. The first-order valence-electron chi connectivity index (χ1n) is 9.15. The van der Waals surface area contributed by atoms with Crippen LogP contribution in [-0.4, -0.2) is 32.9 Å². The number of rotatable bonds is 8. The average molecular weight is 343 g/mol. The smallest absolute Gasteiger partial charge is 0.200 e. The van der Waals surface area contributed by atoms with Crippen molar-refractivity contribution in [3.63, 3.8) is 0 Å². The Morgan fingerprint density at radius 3 is 1.96 bits per heavy atom. The van der Waals surface area contributed by atoms with Crippen LogP contribution < -0.4 is 0 Å². The van der Waals surface area contributed by atoms with Gasteiger partial charge in [-0.3, -0.25) is 0 Å². The monoisotopic (exact) mass is 342 g/mol. The van der Waals surface area contributed by atoms with Crippen molar-refractivity contribution >= 4 is 8.32 Å². The molecule has 0 spiro atoms. The zero-order valence-corrected chi connectivity index (χ0v) is 17.5. The molecule has 0 aromatic heterocycles. The Kier molecular flexibility index (Phi) is 7.52. The maximum atomic E-state index is 6.71. The van der Waals surface area contributed by atoms with Crippen LogP contribution in [0.3, 0.4) is 0 Å². The maximum Gasteiger partial charge on any atom is 0.200 e. The zero-order chi connectivity index (χ0) is 17.8. The van der Waals surface area contributed by atoms with E-state index in [0.29, 0.717) is 23.2 Å². The van der Waals surface area contributed by atoms with E-state index in [1.807, 2.05) is 19.9 Å². The molecule has 0 radical (unpaired) electrons. The first kappa shape index (κ1) is 20.9. The molecule has 2 atom stereocenters. The molecule has 4 heteroatoms. The summed E-state index contributed by atoms with van der Waals surface area (Å²) < 4.78 is 18.8. The molecule has 1 heterocycles. The number of hydrogen-bond acceptors (Lipinski definition) is 3. The molecular weight excluding hydrogens is 304 g/mol. The van der Waals surface area contributed by atoms with Gasteiger partial charge >= 0.3 is 0 Å². The summed E-state index contributed by atoms with van der Waals surface area (Å²) in [6.45, 7) is 22.4. The Labute approximate surface area is 144 Å². The third-order valence-electron chi connectivity index (χ3n) is 5.08. The van der Waals surface area contributed by atoms with Crippen LogP contribution in [0.5, 0.6) is 0 Å². The standard InChI is InChI=1S/C19H38O3Si/c1-10-11-17-12-18(22-19(8,9)21-17)13-20-23(14(2)3,15(4)5)16(6)7/h10,14-18H,1,11-13H2,2-9H3/t17-,18-/m0/s1. The topological polar surface area (TPSA) is 27.7 Å². The van der Waals surface area contributed by atoms with Crippen LogP contribution in [0, 0.1) is 0 Å². The van der Waals surface area contributed by atoms with E-state index in [0.717, 1.165) is 12.8 Å². The Hall–Kier alpha value is -0.163. The Balaban J connectivity index is 2.82. The largest absolute Gasteiger partial charge is 0.413 e. The predicted octanol–water partition coefficient (Wildman–Crippen LogP) is 5.66. The van der Waals surface area contributed by atoms with Crippen LogP contribution >= 0.6 is 0 Å². The third kappa shape index (κ3) is 5.15. The van der Waals surface area contributed by atoms with Gasteiger partial charge in [0.2, 0.25) is 0 Å². The number of ether oxygens (including phenoxy) is 2. The van der Waals surface area contributed by atoms with Crippen molar-refractivity contribution < 1.29 is 13.9 Å². The molecule has 1 aliphatic rings. The van der Waals surface area contributed by atoms with E-state index < -0.39 is 14.1 Å². The van der Waals surface area contributed by atoms with Crippen molar-refractivity contribution in [2.45, 2.75) is 103 Å². The highest BCUT2D eigenvalue weighted by atomic mass is 28.4. The summed E-state index contributed by atoms with van der Waals surface area (Å²) >= 11 is 0. The second-order valence-electron chi connectivity index (χ2n) is 8.27. The molecule has 0 unspecified atom stereocenters. The van der Waals surface area contributed by atoms with Gasteiger partial charge < -0.3 is 13.9 Å². The molecule has 3 nitrogen and oxygen atoms in total. The lowest BCUT2D eigenvalue weighted by atomic mass is 10.1. The first-order valence-corrected chi connectivity index (χ1v) is 11.3. The quantitative estimate of drug-likeness (QED) is 0.420. The highest BCUT2D eigenvalue weighted by Gasteiger charge is 2.46. The minimum Gasteiger partial charge on any atom is -0.413 e. The van der Waals surface area contributed by atoms with E-state index in [1.165, 1.54) is 0 Å². The van der Waals surface area contributed by atoms with Crippen molar-refractivity contribution in [2.75, 3.05) is 6.61 Å². The van der Waals surface area contributed by atoms with Gasteiger partial charge in [0.05, 0.1) is 18.8 Å². The molecular formula is C19H38O3Si. The van der Waals surface area contributed by atoms with E-state index in [9.17, 15) is 0 Å². The van der Waals surface area contributed by atoms with Crippen LogP contribution in [-0.2, 0) is 13.9 Å². The van der Waals surface area contributed by atoms with Crippen molar-refractivity contribution in [3.8, 4) is 0 Å². The molecule has 0 aromatic rings. The summed E-state index contributed by atoms with van der Waals surface area (Å²) in [5.41, 5.74) is 1.79. The van der Waals surface area contributed by atoms with Gasteiger partial charge in [0.25, 0.3) is 0 Å². The van der Waals surface area contributed by atoms with Gasteiger partial charge in [-0.15, -0.1) is 6.58 Å². The van der Waals surface area contributed by atoms with Crippen LogP contribution in [0.15, 0.2) is 12.7 Å². The van der Waals surface area contributed by atoms with E-state index >= 15 is 0 Å². The second-order valence-corrected chi connectivity index (χ2v) is 13.7. The van der Waals surface area contributed by atoms with Crippen molar-refractivity contribution in [1.82, 2.24) is 0 Å². The van der Waals surface area contributed by atoms with Crippen LogP contribution in [0.2, 0.25) is 16.6 Å². The first-order chi connectivity index (χ1) is 10.5. The van der Waals surface area contributed by atoms with Gasteiger partial charge in [-0.05, 0) is 36.9 Å². The van der Waals surface area contributed by atoms with Gasteiger partial charge in [0, 0.05) is 6.42 Å². The van der Waals surface area contributed by atoms with Gasteiger partial charge in [0.1, 0.15) is 0 Å². The highest BCUT2D eigenvalue weighted by molar-refractivity contribution is 6.77. The summed E-state index contributed by atoms with van der Waals surface area (Å²) in [6, 6.07) is 0. The average Bonchev–Trinajstić information content (AvgIpc) is 2.36. The van der Waals surface area contributed by atoms with Gasteiger partial charge in [-0.2, -0.15) is 0 Å². The van der Waals surface area contributed by atoms with Crippen LogP contribution in [0.25, 0.3) is 0 Å². The molecule has 23 heavy (non-hydrogen) atoms. The molecule has 1 aliphatic heterocycles. The summed E-state index contributed by atoms with van der Waals surface area (Å²) in [7, 11) is -1.84. The summed E-state index contributed by atoms with van der Waals surface area (Å²) in [6.07, 6.45) is 3.96. The van der Waals surface area contributed by atoms with Crippen molar-refractivity contribution in [2.24, 2.45) is 0 Å². The van der Waals surface area contributed by atoms with Crippen molar-refractivity contribution in [1.29, 1.82) is 0 Å². The highest BCUT2D eigenvalue weighted by Crippen LogP contribution is 2.42. The molecule has 1 rings (SSSR count). The molecule has 0 saturated carbocycles. The molecule has 0 aromatic carbocycles. The molecule has 1 saturated heterocycles. The van der Waals surface area contributed by atoms with E-state index in [2.05, 4.69) is 48.1 Å². The minimum absolute atomic E-state index is 0.104. The van der Waals surface area contributed by atoms with Gasteiger partial charge in [-0.25, -0.2) is 0 Å². The van der Waals surface area contributed by atoms with E-state index in [4.69, 9.17) is 13.9 Å². The van der Waals surface area contributed by atoms with Crippen molar-refractivity contribution in [3.05, 3.63) is 12.7 Å². The van der Waals surface area contributed by atoms with E-state index in [1.54, 1.807) is 0 Å². The fraction of sp³-hybridized carbons (Fsp3) is 0.895. The SMILES string of the molecule is C=CC[C@H]1C[C@@H](CO[Si](C(C)C)(C(C)C)C(C)C)OC(C)(C)O1. The Morgan fingerprint density at radius 1 is 1.04 bits per heavy atom. The molecule has 0 amide bonds. The van der Waals surface area contributed by atoms with Gasteiger partial charge in [-0.1, -0.05) is 47.6 Å². The predicted molar refractivity (Wildman–Crippen MR) is 100 cm³/mol. The second kappa shape index (κ2) is 8.28. The summed E-state index contributed by atoms with van der Waals surface area (Å²) in [4.78, 5) is 0. The van der Waals surface area contributed by atoms with E-state index in [-0.39, 0.29) is 12.2 Å². The Morgan fingerprint density at radius 2 is 1.52 bits per heavy atom. The lowest BCUT2D eigenvalue weighted by Crippen LogP contribution is -2.52. The number of hydrogen-bond donors (Lipinski definition) is 0. The third-order valence-corrected chi connectivity index (χ3v) is 11.2. The molecule has 136 valence electrons. The Bertz CT molecular complexity index is 355. The lowest BCUT2D eigenvalue weighted by molar-refractivity contribution is -0.302. The molecule has 0 bridgehead atoms.